The largest absolute Gasteiger partial charge is 0.455 e. The average molecular weight is 142 g/mol. The van der Waals surface area contributed by atoms with Crippen LogP contribution in [0.3, 0.4) is 0 Å². The number of esters is 1. The van der Waals surface area contributed by atoms with E-state index >= 15 is 0 Å². The van der Waals surface area contributed by atoms with Crippen molar-refractivity contribution in [1.82, 2.24) is 0 Å². The Labute approximate surface area is 59.6 Å². The van der Waals surface area contributed by atoms with E-state index in [1.165, 1.54) is 6.92 Å². The minimum atomic E-state index is -0.291. The molecule has 0 aromatic rings. The van der Waals surface area contributed by atoms with E-state index in [0.29, 0.717) is 6.61 Å². The number of rotatable bonds is 3. The van der Waals surface area contributed by atoms with Gasteiger partial charge in [-0.3, -0.25) is 4.79 Å². The fourth-order valence-corrected chi connectivity index (χ4v) is 0.713. The molecule has 10 heavy (non-hydrogen) atoms. The number of epoxide rings is 1. The molecule has 0 spiro atoms. The summed E-state index contributed by atoms with van der Waals surface area (Å²) in [5.74, 6) is -0.291. The molecule has 1 aliphatic rings. The van der Waals surface area contributed by atoms with Gasteiger partial charge in [-0.1, -0.05) is 6.58 Å². The highest BCUT2D eigenvalue weighted by Gasteiger charge is 2.32. The van der Waals surface area contributed by atoms with E-state index in [0.717, 1.165) is 0 Å². The number of carbonyl (C=O) groups is 1. The lowest BCUT2D eigenvalue weighted by molar-refractivity contribution is -0.144. The zero-order valence-electron chi connectivity index (χ0n) is 5.87. The van der Waals surface area contributed by atoms with Gasteiger partial charge in [0.2, 0.25) is 0 Å². The Hall–Kier alpha value is -0.830. The highest BCUT2D eigenvalue weighted by molar-refractivity contribution is 5.66. The summed E-state index contributed by atoms with van der Waals surface area (Å²) in [6, 6.07) is 0. The van der Waals surface area contributed by atoms with E-state index in [-0.39, 0.29) is 18.2 Å². The lowest BCUT2D eigenvalue weighted by Crippen LogP contribution is -2.19. The molecule has 0 unspecified atom stereocenters. The van der Waals surface area contributed by atoms with Crippen molar-refractivity contribution in [3.63, 3.8) is 0 Å². The third-order valence-corrected chi connectivity index (χ3v) is 1.26. The zero-order chi connectivity index (χ0) is 7.56. The van der Waals surface area contributed by atoms with Crippen LogP contribution in [0.5, 0.6) is 0 Å². The van der Waals surface area contributed by atoms with Gasteiger partial charge in [0.05, 0.1) is 6.61 Å². The van der Waals surface area contributed by atoms with E-state index in [4.69, 9.17) is 9.47 Å². The number of carbonyl (C=O) groups excluding carboxylic acids is 1. The van der Waals surface area contributed by atoms with Gasteiger partial charge in [0.25, 0.3) is 0 Å². The van der Waals surface area contributed by atoms with Gasteiger partial charge in [-0.25, -0.2) is 0 Å². The molecule has 3 nitrogen and oxygen atoms in total. The minimum Gasteiger partial charge on any atom is -0.455 e. The summed E-state index contributed by atoms with van der Waals surface area (Å²) in [5, 5.41) is 0. The summed E-state index contributed by atoms with van der Waals surface area (Å²) in [6.45, 7) is 5.56. The van der Waals surface area contributed by atoms with Crippen molar-refractivity contribution < 1.29 is 14.3 Å². The highest BCUT2D eigenvalue weighted by atomic mass is 16.6. The van der Waals surface area contributed by atoms with E-state index < -0.39 is 0 Å². The normalized spacial score (nSPS) is 25.1. The fourth-order valence-electron chi connectivity index (χ4n) is 0.713. The van der Waals surface area contributed by atoms with Gasteiger partial charge in [0, 0.05) is 6.92 Å². The van der Waals surface area contributed by atoms with Crippen molar-refractivity contribution in [2.45, 2.75) is 19.1 Å². The van der Waals surface area contributed by atoms with E-state index in [2.05, 4.69) is 6.58 Å². The second kappa shape index (κ2) is 2.84. The van der Waals surface area contributed by atoms with Crippen LogP contribution < -0.4 is 0 Å². The minimum absolute atomic E-state index is 0.0569. The van der Waals surface area contributed by atoms with E-state index in [1.807, 2.05) is 0 Å². The monoisotopic (exact) mass is 142 g/mol. The van der Waals surface area contributed by atoms with Crippen LogP contribution in [0.25, 0.3) is 0 Å². The first kappa shape index (κ1) is 7.28. The lowest BCUT2D eigenvalue weighted by atomic mass is 10.3. The van der Waals surface area contributed by atoms with Gasteiger partial charge in [-0.05, 0) is 6.08 Å². The van der Waals surface area contributed by atoms with Gasteiger partial charge in [-0.2, -0.15) is 0 Å². The second-order valence-corrected chi connectivity index (χ2v) is 2.18. The Kier molecular flexibility index (Phi) is 2.06. The van der Waals surface area contributed by atoms with Crippen molar-refractivity contribution >= 4 is 5.97 Å². The Morgan fingerprint density at radius 3 is 2.90 bits per heavy atom. The molecule has 0 aromatic heterocycles. The van der Waals surface area contributed by atoms with Crippen molar-refractivity contribution in [3.05, 3.63) is 12.7 Å². The standard InChI is InChI=1S/C7H10O3/c1-3-6(7-4-9-7)10-5(2)8/h3,6-7H,1,4H2,2H3/t6-,7-/m1/s1. The Balaban J connectivity index is 2.32. The Bertz CT molecular complexity index is 149. The molecular weight excluding hydrogens is 132 g/mol. The smallest absolute Gasteiger partial charge is 0.303 e. The van der Waals surface area contributed by atoms with Gasteiger partial charge in [-0.15, -0.1) is 0 Å². The van der Waals surface area contributed by atoms with Crippen molar-refractivity contribution in [1.29, 1.82) is 0 Å². The predicted molar refractivity (Wildman–Crippen MR) is 35.5 cm³/mol. The molecule has 0 amide bonds. The van der Waals surface area contributed by atoms with Crippen molar-refractivity contribution in [2.24, 2.45) is 0 Å². The van der Waals surface area contributed by atoms with Crippen LogP contribution in [-0.4, -0.2) is 24.8 Å². The summed E-state index contributed by atoms with van der Waals surface area (Å²) in [4.78, 5) is 10.4. The first-order chi connectivity index (χ1) is 4.74. The van der Waals surface area contributed by atoms with Crippen molar-refractivity contribution in [3.8, 4) is 0 Å². The molecular formula is C7H10O3. The summed E-state index contributed by atoms with van der Waals surface area (Å²) in [6.07, 6.45) is 1.39. The van der Waals surface area contributed by atoms with Crippen LogP contribution in [0.15, 0.2) is 12.7 Å². The summed E-state index contributed by atoms with van der Waals surface area (Å²) < 4.78 is 9.76. The van der Waals surface area contributed by atoms with Crippen LogP contribution >= 0.6 is 0 Å². The number of ether oxygens (including phenoxy) is 2. The summed E-state index contributed by atoms with van der Waals surface area (Å²) >= 11 is 0. The molecule has 1 heterocycles. The van der Waals surface area contributed by atoms with Crippen LogP contribution in [-0.2, 0) is 14.3 Å². The van der Waals surface area contributed by atoms with Crippen LogP contribution in [0, 0.1) is 0 Å². The van der Waals surface area contributed by atoms with Crippen molar-refractivity contribution in [2.75, 3.05) is 6.61 Å². The Morgan fingerprint density at radius 2 is 2.60 bits per heavy atom. The average Bonchev–Trinajstić information content (AvgIpc) is 2.63. The van der Waals surface area contributed by atoms with E-state index in [1.54, 1.807) is 6.08 Å². The molecule has 2 atom stereocenters. The van der Waals surface area contributed by atoms with Crippen LogP contribution in [0.2, 0.25) is 0 Å². The molecule has 0 bridgehead atoms. The quantitative estimate of drug-likeness (QED) is 0.327. The molecule has 56 valence electrons. The van der Waals surface area contributed by atoms with Gasteiger partial charge >= 0.3 is 5.97 Å². The SMILES string of the molecule is C=C[C@@H](OC(C)=O)[C@H]1CO1. The first-order valence-electron chi connectivity index (χ1n) is 3.15. The molecule has 3 heteroatoms. The predicted octanol–water partition coefficient (Wildman–Crippen LogP) is 0.503. The van der Waals surface area contributed by atoms with Gasteiger partial charge < -0.3 is 9.47 Å². The second-order valence-electron chi connectivity index (χ2n) is 2.18. The summed E-state index contributed by atoms with van der Waals surface area (Å²) in [5.41, 5.74) is 0. The maximum atomic E-state index is 10.4. The third kappa shape index (κ3) is 1.84. The maximum absolute atomic E-state index is 10.4. The zero-order valence-corrected chi connectivity index (χ0v) is 5.87. The fraction of sp³-hybridized carbons (Fsp3) is 0.571. The molecule has 0 radical (unpaired) electrons. The third-order valence-electron chi connectivity index (χ3n) is 1.26. The molecule has 0 saturated carbocycles. The first-order valence-corrected chi connectivity index (χ1v) is 3.15. The molecule has 0 N–H and O–H groups in total. The van der Waals surface area contributed by atoms with Crippen LogP contribution in [0.1, 0.15) is 6.92 Å². The molecule has 1 rings (SSSR count). The molecule has 1 fully saturated rings. The van der Waals surface area contributed by atoms with Crippen LogP contribution in [0.4, 0.5) is 0 Å². The topological polar surface area (TPSA) is 38.8 Å². The molecule has 1 aliphatic heterocycles. The number of hydrogen-bond acceptors (Lipinski definition) is 3. The van der Waals surface area contributed by atoms with Gasteiger partial charge in [0.15, 0.2) is 0 Å². The molecule has 1 saturated heterocycles. The Morgan fingerprint density at radius 1 is 2.00 bits per heavy atom. The number of hydrogen-bond donors (Lipinski definition) is 0. The maximum Gasteiger partial charge on any atom is 0.303 e. The molecule has 0 aromatic carbocycles. The van der Waals surface area contributed by atoms with E-state index in [9.17, 15) is 4.79 Å². The highest BCUT2D eigenvalue weighted by Crippen LogP contribution is 2.17. The van der Waals surface area contributed by atoms with Gasteiger partial charge in [0.1, 0.15) is 12.2 Å². The summed E-state index contributed by atoms with van der Waals surface area (Å²) in [7, 11) is 0. The lowest BCUT2D eigenvalue weighted by Gasteiger charge is -2.07. The molecule has 0 aliphatic carbocycles.